The van der Waals surface area contributed by atoms with Gasteiger partial charge in [-0.1, -0.05) is 11.6 Å². The molecule has 1 aliphatic rings. The average Bonchev–Trinajstić information content (AvgIpc) is 3.05. The molecule has 1 heterocycles. The van der Waals surface area contributed by atoms with Gasteiger partial charge in [0.2, 0.25) is 6.79 Å². The van der Waals surface area contributed by atoms with E-state index in [9.17, 15) is 0 Å². The fourth-order valence-electron chi connectivity index (χ4n) is 2.06. The number of halogens is 1. The molecule has 0 amide bonds. The molecule has 0 spiro atoms. The summed E-state index contributed by atoms with van der Waals surface area (Å²) in [6, 6.07) is 10.9. The Morgan fingerprint density at radius 1 is 1.29 bits per heavy atom. The van der Waals surface area contributed by atoms with Crippen molar-refractivity contribution >= 4 is 40.8 Å². The number of ether oxygens (including phenoxy) is 3. The third kappa shape index (κ3) is 3.87. The monoisotopic (exact) mass is 363 g/mol. The first-order valence-electron chi connectivity index (χ1n) is 6.99. The van der Waals surface area contributed by atoms with Gasteiger partial charge in [0, 0.05) is 5.69 Å². The number of nitrogens with zero attached hydrogens (tertiary/aromatic N) is 1. The van der Waals surface area contributed by atoms with Gasteiger partial charge < -0.3 is 19.5 Å². The Hall–Kier alpha value is -2.51. The SMILES string of the molecule is COc1ccc(NC(=S)N/N=C\c2cc(Cl)c3c(c2)OCO3)cc1. The second kappa shape index (κ2) is 7.37. The predicted octanol–water partition coefficient (Wildman–Crippen LogP) is 3.40. The minimum Gasteiger partial charge on any atom is -0.497 e. The van der Waals surface area contributed by atoms with E-state index in [1.165, 1.54) is 0 Å². The first kappa shape index (κ1) is 16.4. The average molecular weight is 364 g/mol. The van der Waals surface area contributed by atoms with E-state index in [0.29, 0.717) is 21.6 Å². The number of benzene rings is 2. The molecule has 1 aliphatic heterocycles. The summed E-state index contributed by atoms with van der Waals surface area (Å²) in [5.74, 6) is 1.93. The zero-order valence-corrected chi connectivity index (χ0v) is 14.3. The van der Waals surface area contributed by atoms with E-state index in [2.05, 4.69) is 15.8 Å². The fraction of sp³-hybridized carbons (Fsp3) is 0.125. The van der Waals surface area contributed by atoms with Crippen molar-refractivity contribution in [3.8, 4) is 17.2 Å². The summed E-state index contributed by atoms with van der Waals surface area (Å²) in [6.45, 7) is 0.170. The molecule has 0 saturated heterocycles. The minimum absolute atomic E-state index is 0.170. The molecule has 8 heteroatoms. The lowest BCUT2D eigenvalue weighted by atomic mass is 10.2. The fourth-order valence-corrected chi connectivity index (χ4v) is 2.50. The Morgan fingerprint density at radius 2 is 2.08 bits per heavy atom. The maximum Gasteiger partial charge on any atom is 0.231 e. The highest BCUT2D eigenvalue weighted by Crippen LogP contribution is 2.39. The number of methoxy groups -OCH3 is 1. The van der Waals surface area contributed by atoms with Crippen LogP contribution in [-0.2, 0) is 0 Å². The minimum atomic E-state index is 0.170. The maximum atomic E-state index is 6.11. The van der Waals surface area contributed by atoms with Gasteiger partial charge in [0.1, 0.15) is 5.75 Å². The lowest BCUT2D eigenvalue weighted by molar-refractivity contribution is 0.174. The van der Waals surface area contributed by atoms with Crippen LogP contribution in [0.4, 0.5) is 5.69 Å². The highest BCUT2D eigenvalue weighted by atomic mass is 35.5. The van der Waals surface area contributed by atoms with Crippen molar-refractivity contribution < 1.29 is 14.2 Å². The molecule has 0 bridgehead atoms. The maximum absolute atomic E-state index is 6.11. The van der Waals surface area contributed by atoms with Gasteiger partial charge in [0.25, 0.3) is 0 Å². The standard InChI is InChI=1S/C16H14ClN3O3S/c1-21-12-4-2-11(3-5-12)19-16(24)20-18-8-10-6-13(17)15-14(7-10)22-9-23-15/h2-8H,9H2,1H3,(H2,19,20,24)/b18-8-. The van der Waals surface area contributed by atoms with E-state index < -0.39 is 0 Å². The van der Waals surface area contributed by atoms with Crippen molar-refractivity contribution in [1.29, 1.82) is 0 Å². The first-order valence-corrected chi connectivity index (χ1v) is 7.77. The zero-order chi connectivity index (χ0) is 16.9. The predicted molar refractivity (Wildman–Crippen MR) is 97.5 cm³/mol. The number of fused-ring (bicyclic) bond motifs is 1. The van der Waals surface area contributed by atoms with Gasteiger partial charge in [0.05, 0.1) is 18.3 Å². The van der Waals surface area contributed by atoms with Gasteiger partial charge in [0.15, 0.2) is 16.6 Å². The number of thiocarbonyl (C=S) groups is 1. The van der Waals surface area contributed by atoms with Gasteiger partial charge >= 0.3 is 0 Å². The van der Waals surface area contributed by atoms with Crippen molar-refractivity contribution in [1.82, 2.24) is 5.43 Å². The molecule has 24 heavy (non-hydrogen) atoms. The molecule has 0 aliphatic carbocycles. The Bertz CT molecular complexity index is 781. The Balaban J connectivity index is 1.57. The highest BCUT2D eigenvalue weighted by Gasteiger charge is 2.17. The highest BCUT2D eigenvalue weighted by molar-refractivity contribution is 7.80. The van der Waals surface area contributed by atoms with E-state index in [-0.39, 0.29) is 6.79 Å². The van der Waals surface area contributed by atoms with E-state index in [0.717, 1.165) is 17.0 Å². The van der Waals surface area contributed by atoms with Crippen LogP contribution in [0, 0.1) is 0 Å². The summed E-state index contributed by atoms with van der Waals surface area (Å²) in [6.07, 6.45) is 1.59. The lowest BCUT2D eigenvalue weighted by Crippen LogP contribution is -2.23. The molecular weight excluding hydrogens is 350 g/mol. The second-order valence-corrected chi connectivity index (χ2v) is 5.60. The van der Waals surface area contributed by atoms with Gasteiger partial charge in [-0.3, -0.25) is 5.43 Å². The normalized spacial score (nSPS) is 12.2. The van der Waals surface area contributed by atoms with Crippen molar-refractivity contribution in [3.63, 3.8) is 0 Å². The molecule has 0 saturated carbocycles. The Morgan fingerprint density at radius 3 is 2.83 bits per heavy atom. The lowest BCUT2D eigenvalue weighted by Gasteiger charge is -2.07. The van der Waals surface area contributed by atoms with Crippen LogP contribution < -0.4 is 25.0 Å². The van der Waals surface area contributed by atoms with Crippen LogP contribution >= 0.6 is 23.8 Å². The van der Waals surface area contributed by atoms with Crippen LogP contribution in [0.2, 0.25) is 5.02 Å². The molecule has 3 rings (SSSR count). The van der Waals surface area contributed by atoms with Gasteiger partial charge in [-0.05, 0) is 54.2 Å². The topological polar surface area (TPSA) is 64.1 Å². The summed E-state index contributed by atoms with van der Waals surface area (Å²) in [5.41, 5.74) is 4.33. The molecule has 0 unspecified atom stereocenters. The molecule has 2 aromatic rings. The molecule has 0 aromatic heterocycles. The summed E-state index contributed by atoms with van der Waals surface area (Å²) < 4.78 is 15.7. The van der Waals surface area contributed by atoms with Crippen molar-refractivity contribution in [2.75, 3.05) is 19.2 Å². The molecule has 0 atom stereocenters. The third-order valence-electron chi connectivity index (χ3n) is 3.18. The van der Waals surface area contributed by atoms with Gasteiger partial charge in [-0.2, -0.15) is 5.10 Å². The summed E-state index contributed by atoms with van der Waals surface area (Å²) in [7, 11) is 1.62. The first-order chi connectivity index (χ1) is 11.7. The van der Waals surface area contributed by atoms with E-state index >= 15 is 0 Å². The third-order valence-corrected chi connectivity index (χ3v) is 3.65. The molecule has 2 N–H and O–H groups in total. The number of hydrogen-bond donors (Lipinski definition) is 2. The van der Waals surface area contributed by atoms with Crippen LogP contribution in [0.15, 0.2) is 41.5 Å². The number of hydrazone groups is 1. The van der Waals surface area contributed by atoms with E-state index in [1.54, 1.807) is 25.5 Å². The van der Waals surface area contributed by atoms with Crippen molar-refractivity contribution in [2.24, 2.45) is 5.10 Å². The number of anilines is 1. The van der Waals surface area contributed by atoms with Crippen LogP contribution in [0.5, 0.6) is 17.2 Å². The number of nitrogens with one attached hydrogen (secondary N) is 2. The zero-order valence-electron chi connectivity index (χ0n) is 12.7. The smallest absolute Gasteiger partial charge is 0.231 e. The molecule has 0 fully saturated rings. The summed E-state index contributed by atoms with van der Waals surface area (Å²) >= 11 is 11.3. The van der Waals surface area contributed by atoms with Crippen molar-refractivity contribution in [3.05, 3.63) is 47.0 Å². The Kier molecular flexibility index (Phi) is 5.02. The molecule has 0 radical (unpaired) electrons. The largest absolute Gasteiger partial charge is 0.497 e. The van der Waals surface area contributed by atoms with Gasteiger partial charge in [-0.15, -0.1) is 0 Å². The molecule has 2 aromatic carbocycles. The van der Waals surface area contributed by atoms with Crippen LogP contribution in [0.1, 0.15) is 5.56 Å². The number of rotatable bonds is 4. The molecule has 124 valence electrons. The van der Waals surface area contributed by atoms with Crippen LogP contribution in [-0.4, -0.2) is 25.2 Å². The molecular formula is C16H14ClN3O3S. The van der Waals surface area contributed by atoms with E-state index in [1.807, 2.05) is 24.3 Å². The van der Waals surface area contributed by atoms with Crippen molar-refractivity contribution in [2.45, 2.75) is 0 Å². The number of hydrogen-bond acceptors (Lipinski definition) is 5. The quantitative estimate of drug-likeness (QED) is 0.493. The molecule has 6 nitrogen and oxygen atoms in total. The second-order valence-electron chi connectivity index (χ2n) is 4.79. The summed E-state index contributed by atoms with van der Waals surface area (Å²) in [4.78, 5) is 0. The van der Waals surface area contributed by atoms with Crippen LogP contribution in [0.25, 0.3) is 0 Å². The van der Waals surface area contributed by atoms with Crippen LogP contribution in [0.3, 0.4) is 0 Å². The summed E-state index contributed by atoms with van der Waals surface area (Å²) in [5, 5.41) is 7.93. The van der Waals surface area contributed by atoms with Gasteiger partial charge in [-0.25, -0.2) is 0 Å². The van der Waals surface area contributed by atoms with E-state index in [4.69, 9.17) is 38.0 Å². The Labute approximate surface area is 149 Å².